The molecular weight excluding hydrogens is 190 g/mol. The highest BCUT2D eigenvalue weighted by Crippen LogP contribution is 2.19. The quantitative estimate of drug-likeness (QED) is 0.702. The highest BCUT2D eigenvalue weighted by Gasteiger charge is 2.20. The van der Waals surface area contributed by atoms with E-state index in [0.717, 1.165) is 38.7 Å². The Morgan fingerprint density at radius 1 is 1.60 bits per heavy atom. The summed E-state index contributed by atoms with van der Waals surface area (Å²) >= 11 is 0. The Morgan fingerprint density at radius 3 is 2.93 bits per heavy atom. The van der Waals surface area contributed by atoms with Gasteiger partial charge in [0.05, 0.1) is 6.10 Å². The minimum Gasteiger partial charge on any atom is -0.378 e. The van der Waals surface area contributed by atoms with E-state index in [2.05, 4.69) is 6.92 Å². The number of hydrogen-bond donors (Lipinski definition) is 1. The first-order valence-electron chi connectivity index (χ1n) is 6.12. The van der Waals surface area contributed by atoms with Gasteiger partial charge >= 0.3 is 0 Å². The first-order chi connectivity index (χ1) is 7.27. The molecule has 0 aromatic rings. The topological polar surface area (TPSA) is 52.3 Å². The lowest BCUT2D eigenvalue weighted by Gasteiger charge is -2.14. The van der Waals surface area contributed by atoms with Crippen molar-refractivity contribution >= 4 is 5.78 Å². The summed E-state index contributed by atoms with van der Waals surface area (Å²) in [5.41, 5.74) is 5.59. The molecule has 3 heteroatoms. The average molecular weight is 213 g/mol. The number of carbonyl (C=O) groups is 1. The molecule has 0 spiro atoms. The normalized spacial score (nSPS) is 22.9. The number of Topliss-reactive ketones (excluding diaryl/α,β-unsaturated/α-hetero) is 1. The zero-order chi connectivity index (χ0) is 11.1. The van der Waals surface area contributed by atoms with Gasteiger partial charge < -0.3 is 10.5 Å². The molecule has 0 aliphatic carbocycles. The Balaban J connectivity index is 2.20. The van der Waals surface area contributed by atoms with Gasteiger partial charge in [0.1, 0.15) is 5.78 Å². The molecule has 1 saturated heterocycles. The molecule has 1 rings (SSSR count). The van der Waals surface area contributed by atoms with Gasteiger partial charge in [0, 0.05) is 25.5 Å². The van der Waals surface area contributed by atoms with Crippen molar-refractivity contribution in [3.63, 3.8) is 0 Å². The summed E-state index contributed by atoms with van der Waals surface area (Å²) in [6.45, 7) is 3.46. The van der Waals surface area contributed by atoms with Crippen molar-refractivity contribution in [3.05, 3.63) is 0 Å². The lowest BCUT2D eigenvalue weighted by atomic mass is 9.94. The number of carbonyl (C=O) groups excluding carboxylic acids is 1. The van der Waals surface area contributed by atoms with E-state index in [0.29, 0.717) is 24.9 Å². The average Bonchev–Trinajstić information content (AvgIpc) is 2.75. The summed E-state index contributed by atoms with van der Waals surface area (Å²) in [7, 11) is 0. The molecule has 0 saturated carbocycles. The molecule has 2 unspecified atom stereocenters. The molecule has 0 aromatic carbocycles. The fourth-order valence-electron chi connectivity index (χ4n) is 2.14. The van der Waals surface area contributed by atoms with Gasteiger partial charge in [0.15, 0.2) is 0 Å². The molecule has 2 atom stereocenters. The number of rotatable bonds is 7. The van der Waals surface area contributed by atoms with Crippen LogP contribution in [0.4, 0.5) is 0 Å². The summed E-state index contributed by atoms with van der Waals surface area (Å²) in [6, 6.07) is 0. The molecule has 1 heterocycles. The molecular formula is C12H23NO2. The molecule has 0 radical (unpaired) electrons. The second kappa shape index (κ2) is 6.96. The summed E-state index contributed by atoms with van der Waals surface area (Å²) in [6.07, 6.45) is 6.09. The first kappa shape index (κ1) is 12.7. The summed E-state index contributed by atoms with van der Waals surface area (Å²) in [4.78, 5) is 11.8. The van der Waals surface area contributed by atoms with Gasteiger partial charge in [-0.2, -0.15) is 0 Å². The van der Waals surface area contributed by atoms with Crippen LogP contribution in [-0.4, -0.2) is 25.0 Å². The van der Waals surface area contributed by atoms with Crippen LogP contribution in [0.25, 0.3) is 0 Å². The lowest BCUT2D eigenvalue weighted by molar-refractivity contribution is -0.123. The Morgan fingerprint density at radius 2 is 2.40 bits per heavy atom. The Kier molecular flexibility index (Phi) is 5.88. The van der Waals surface area contributed by atoms with Crippen molar-refractivity contribution in [2.45, 2.75) is 51.6 Å². The molecule has 1 aliphatic heterocycles. The molecule has 15 heavy (non-hydrogen) atoms. The van der Waals surface area contributed by atoms with E-state index in [4.69, 9.17) is 10.5 Å². The Hall–Kier alpha value is -0.410. The van der Waals surface area contributed by atoms with Crippen molar-refractivity contribution in [2.24, 2.45) is 11.7 Å². The van der Waals surface area contributed by atoms with Crippen LogP contribution < -0.4 is 5.73 Å². The van der Waals surface area contributed by atoms with E-state index in [9.17, 15) is 4.79 Å². The highest BCUT2D eigenvalue weighted by molar-refractivity contribution is 5.81. The van der Waals surface area contributed by atoms with Crippen LogP contribution in [0.5, 0.6) is 0 Å². The summed E-state index contributed by atoms with van der Waals surface area (Å²) in [5.74, 6) is 0.409. The monoisotopic (exact) mass is 213 g/mol. The van der Waals surface area contributed by atoms with Crippen LogP contribution in [0.1, 0.15) is 45.4 Å². The highest BCUT2D eigenvalue weighted by atomic mass is 16.5. The second-order valence-electron chi connectivity index (χ2n) is 4.36. The minimum atomic E-state index is 0.0800. The zero-order valence-electron chi connectivity index (χ0n) is 9.71. The van der Waals surface area contributed by atoms with Crippen LogP contribution >= 0.6 is 0 Å². The maximum Gasteiger partial charge on any atom is 0.137 e. The van der Waals surface area contributed by atoms with Crippen molar-refractivity contribution in [3.8, 4) is 0 Å². The van der Waals surface area contributed by atoms with Gasteiger partial charge in [-0.15, -0.1) is 0 Å². The third-order valence-electron chi connectivity index (χ3n) is 3.11. The molecule has 0 bridgehead atoms. The fraction of sp³-hybridized carbons (Fsp3) is 0.917. The number of ether oxygens (including phenoxy) is 1. The third-order valence-corrected chi connectivity index (χ3v) is 3.11. The molecule has 0 aromatic heterocycles. The van der Waals surface area contributed by atoms with Crippen LogP contribution in [0.2, 0.25) is 0 Å². The SMILES string of the molecule is CCCC(CN)C(=O)CCC1CCCO1. The van der Waals surface area contributed by atoms with Crippen molar-refractivity contribution < 1.29 is 9.53 Å². The van der Waals surface area contributed by atoms with Crippen LogP contribution in [0.15, 0.2) is 0 Å². The maximum atomic E-state index is 11.8. The predicted octanol–water partition coefficient (Wildman–Crippen LogP) is 1.89. The number of hydrogen-bond acceptors (Lipinski definition) is 3. The van der Waals surface area contributed by atoms with Gasteiger partial charge in [0.25, 0.3) is 0 Å². The van der Waals surface area contributed by atoms with Crippen LogP contribution in [0.3, 0.4) is 0 Å². The smallest absolute Gasteiger partial charge is 0.137 e. The van der Waals surface area contributed by atoms with Crippen molar-refractivity contribution in [1.82, 2.24) is 0 Å². The van der Waals surface area contributed by atoms with Gasteiger partial charge in [-0.1, -0.05) is 13.3 Å². The Labute approximate surface area is 92.4 Å². The van der Waals surface area contributed by atoms with E-state index >= 15 is 0 Å². The standard InChI is InChI=1S/C12H23NO2/c1-2-4-10(9-13)12(14)7-6-11-5-3-8-15-11/h10-11H,2-9,13H2,1H3. The molecule has 88 valence electrons. The largest absolute Gasteiger partial charge is 0.378 e. The fourth-order valence-corrected chi connectivity index (χ4v) is 2.14. The first-order valence-corrected chi connectivity index (χ1v) is 6.12. The number of ketones is 1. The van der Waals surface area contributed by atoms with Gasteiger partial charge in [-0.25, -0.2) is 0 Å². The lowest BCUT2D eigenvalue weighted by Crippen LogP contribution is -2.24. The maximum absolute atomic E-state index is 11.8. The van der Waals surface area contributed by atoms with Gasteiger partial charge in [0.2, 0.25) is 0 Å². The third kappa shape index (κ3) is 4.31. The minimum absolute atomic E-state index is 0.0800. The molecule has 1 aliphatic rings. The second-order valence-corrected chi connectivity index (χ2v) is 4.36. The molecule has 0 amide bonds. The number of nitrogens with two attached hydrogens (primary N) is 1. The van der Waals surface area contributed by atoms with Crippen LogP contribution in [0, 0.1) is 5.92 Å². The van der Waals surface area contributed by atoms with E-state index < -0.39 is 0 Å². The van der Waals surface area contributed by atoms with Gasteiger partial charge in [-0.05, 0) is 25.7 Å². The van der Waals surface area contributed by atoms with E-state index in [1.165, 1.54) is 0 Å². The molecule has 2 N–H and O–H groups in total. The van der Waals surface area contributed by atoms with E-state index in [1.807, 2.05) is 0 Å². The zero-order valence-corrected chi connectivity index (χ0v) is 9.71. The van der Waals surface area contributed by atoms with Crippen LogP contribution in [-0.2, 0) is 9.53 Å². The molecule has 1 fully saturated rings. The molecule has 3 nitrogen and oxygen atoms in total. The Bertz CT molecular complexity index is 188. The summed E-state index contributed by atoms with van der Waals surface area (Å²) in [5, 5.41) is 0. The summed E-state index contributed by atoms with van der Waals surface area (Å²) < 4.78 is 5.49. The van der Waals surface area contributed by atoms with E-state index in [-0.39, 0.29) is 5.92 Å². The van der Waals surface area contributed by atoms with Crippen molar-refractivity contribution in [2.75, 3.05) is 13.2 Å². The van der Waals surface area contributed by atoms with Crippen molar-refractivity contribution in [1.29, 1.82) is 0 Å². The predicted molar refractivity (Wildman–Crippen MR) is 60.7 cm³/mol. The van der Waals surface area contributed by atoms with E-state index in [1.54, 1.807) is 0 Å². The van der Waals surface area contributed by atoms with Gasteiger partial charge in [-0.3, -0.25) is 4.79 Å².